The monoisotopic (exact) mass is 865 g/mol. The third-order valence-electron chi connectivity index (χ3n) is 12.9. The fourth-order valence-corrected chi connectivity index (χ4v) is 9.68. The van der Waals surface area contributed by atoms with Crippen LogP contribution in [0.3, 0.4) is 0 Å². The number of methoxy groups -OCH3 is 2. The van der Waals surface area contributed by atoms with E-state index in [1.807, 2.05) is 13.0 Å². The number of pyridine rings is 1. The molecule has 7 atom stereocenters. The van der Waals surface area contributed by atoms with E-state index in [4.69, 9.17) is 14.2 Å². The molecule has 2 aromatic rings. The molecule has 2 saturated carbocycles. The van der Waals surface area contributed by atoms with Crippen molar-refractivity contribution in [2.45, 2.75) is 126 Å². The zero-order valence-electron chi connectivity index (χ0n) is 35.0. The highest BCUT2D eigenvalue weighted by atomic mass is 32.2. The quantitative estimate of drug-likeness (QED) is 0.259. The Balaban J connectivity index is 1.45. The maximum Gasteiger partial charge on any atom is 0.408 e. The first-order valence-electron chi connectivity index (χ1n) is 20.0. The molecule has 0 radical (unpaired) electrons. The second kappa shape index (κ2) is 15.9. The van der Waals surface area contributed by atoms with Gasteiger partial charge in [0, 0.05) is 36.8 Å². The molecule has 2 aliphatic carbocycles. The van der Waals surface area contributed by atoms with Gasteiger partial charge in [0.1, 0.15) is 35.0 Å². The van der Waals surface area contributed by atoms with Crippen LogP contribution in [-0.4, -0.2) is 113 Å². The zero-order chi connectivity index (χ0) is 44.3. The van der Waals surface area contributed by atoms with Crippen molar-refractivity contribution in [2.75, 3.05) is 20.8 Å². The number of rotatable bonds is 10. The van der Waals surface area contributed by atoms with E-state index in [0.717, 1.165) is 24.8 Å². The summed E-state index contributed by atoms with van der Waals surface area (Å²) < 4.78 is 90.3. The third-order valence-corrected chi connectivity index (χ3v) is 15.0. The number of nitrogens with one attached hydrogen (secondary N) is 2. The van der Waals surface area contributed by atoms with Crippen molar-refractivity contribution in [2.24, 2.45) is 17.8 Å². The van der Waals surface area contributed by atoms with Crippen molar-refractivity contribution in [1.29, 1.82) is 0 Å². The van der Waals surface area contributed by atoms with Crippen LogP contribution in [0.5, 0.6) is 17.4 Å². The molecule has 330 valence electrons. The zero-order valence-corrected chi connectivity index (χ0v) is 35.8. The number of hydrogen-bond donors (Lipinski definition) is 3. The molecule has 1 saturated heterocycles. The van der Waals surface area contributed by atoms with Gasteiger partial charge in [0.05, 0.1) is 31.0 Å². The molecule has 3 fully saturated rings. The van der Waals surface area contributed by atoms with Crippen LogP contribution in [0.15, 0.2) is 30.4 Å². The van der Waals surface area contributed by atoms with Gasteiger partial charge in [-0.1, -0.05) is 26.0 Å². The van der Waals surface area contributed by atoms with Crippen LogP contribution in [0, 0.1) is 23.6 Å². The van der Waals surface area contributed by atoms with E-state index >= 15 is 18.0 Å². The molecule has 19 heteroatoms. The minimum Gasteiger partial charge on any atom is -0.494 e. The predicted molar refractivity (Wildman–Crippen MR) is 213 cm³/mol. The average Bonchev–Trinajstić information content (AvgIpc) is 4.04. The molecule has 15 nitrogen and oxygen atoms in total. The Morgan fingerprint density at radius 2 is 1.75 bits per heavy atom. The standard InChI is InChI=1S/C41H54F3N5O10S/c1-22-11-9-10-12-24-20-41(24,36(52)47-60(55,56)39(5)13-14-39)46-34(50)29-16-25(59-30-19-32(58-8)45-28-18-31(57-7)27(42)17-26(28)30)21-48(29)35(51)33(23(2)15-22)49(37(53)54)38(3,4)40(6,43)44/h10,12,17-19,22-25,29,33H,9,11,13-16,20-21H2,1-8H3,(H,46,50)(H,47,52)(H,53,54)/t22-,23-,24-,25-,29+,33+,41-/m1/s1. The number of carboxylic acid groups (broad SMARTS) is 1. The van der Waals surface area contributed by atoms with E-state index in [9.17, 15) is 27.9 Å². The first-order chi connectivity index (χ1) is 27.9. The number of allylic oxidation sites excluding steroid dienone is 1. The number of fused-ring (bicyclic) bond motifs is 3. The highest BCUT2D eigenvalue weighted by molar-refractivity contribution is 7.91. The minimum atomic E-state index is -4.13. The van der Waals surface area contributed by atoms with Crippen LogP contribution in [0.2, 0.25) is 0 Å². The fourth-order valence-electron chi connectivity index (χ4n) is 8.37. The lowest BCUT2D eigenvalue weighted by molar-refractivity contribution is -0.156. The van der Waals surface area contributed by atoms with Crippen molar-refractivity contribution in [1.82, 2.24) is 24.8 Å². The molecule has 4 amide bonds. The molecule has 1 aromatic heterocycles. The number of benzene rings is 1. The Labute approximate surface area is 347 Å². The van der Waals surface area contributed by atoms with Crippen molar-refractivity contribution in [3.8, 4) is 17.4 Å². The summed E-state index contributed by atoms with van der Waals surface area (Å²) in [6.07, 6.45) is 2.53. The molecule has 3 heterocycles. The fraction of sp³-hybridized carbons (Fsp3) is 0.634. The van der Waals surface area contributed by atoms with Gasteiger partial charge in [-0.25, -0.2) is 31.4 Å². The highest BCUT2D eigenvalue weighted by Crippen LogP contribution is 2.48. The Kier molecular flexibility index (Phi) is 11.9. The summed E-state index contributed by atoms with van der Waals surface area (Å²) >= 11 is 0. The lowest BCUT2D eigenvalue weighted by atomic mass is 9.84. The Bertz CT molecular complexity index is 2200. The number of halogens is 3. The van der Waals surface area contributed by atoms with Gasteiger partial charge >= 0.3 is 6.09 Å². The lowest BCUT2D eigenvalue weighted by Gasteiger charge is -2.47. The molecule has 4 aliphatic rings. The Morgan fingerprint density at radius 3 is 2.35 bits per heavy atom. The van der Waals surface area contributed by atoms with E-state index in [1.54, 1.807) is 13.0 Å². The number of aromatic nitrogens is 1. The topological polar surface area (TPSA) is 194 Å². The van der Waals surface area contributed by atoms with Gasteiger partial charge in [0.15, 0.2) is 11.6 Å². The molecule has 2 aliphatic heterocycles. The number of sulfonamides is 1. The van der Waals surface area contributed by atoms with Crippen molar-refractivity contribution in [3.05, 3.63) is 36.2 Å². The van der Waals surface area contributed by atoms with E-state index in [0.29, 0.717) is 37.5 Å². The van der Waals surface area contributed by atoms with Crippen LogP contribution in [0.25, 0.3) is 10.9 Å². The third kappa shape index (κ3) is 8.29. The summed E-state index contributed by atoms with van der Waals surface area (Å²) in [6.45, 7) is 7.29. The summed E-state index contributed by atoms with van der Waals surface area (Å²) in [5, 5.41) is 13.6. The number of hydrogen-bond acceptors (Lipinski definition) is 10. The number of carbonyl (C=O) groups is 4. The number of carbonyl (C=O) groups excluding carboxylic acids is 3. The molecular formula is C41H54F3N5O10S. The smallest absolute Gasteiger partial charge is 0.408 e. The number of ether oxygens (including phenoxy) is 3. The predicted octanol–water partition coefficient (Wildman–Crippen LogP) is 5.41. The van der Waals surface area contributed by atoms with Crippen LogP contribution >= 0.6 is 0 Å². The summed E-state index contributed by atoms with van der Waals surface area (Å²) in [6, 6.07) is 0.665. The number of nitrogens with zero attached hydrogens (tertiary/aromatic N) is 3. The highest BCUT2D eigenvalue weighted by Gasteiger charge is 2.63. The van der Waals surface area contributed by atoms with Crippen LogP contribution in [-0.2, 0) is 24.4 Å². The van der Waals surface area contributed by atoms with Gasteiger partial charge in [-0.05, 0) is 77.2 Å². The molecule has 0 bridgehead atoms. The normalized spacial score (nSPS) is 28.4. The summed E-state index contributed by atoms with van der Waals surface area (Å²) in [5.74, 6) is -8.69. The number of alkyl halides is 2. The van der Waals surface area contributed by atoms with E-state index in [2.05, 4.69) is 15.0 Å². The van der Waals surface area contributed by atoms with Gasteiger partial charge in [0.25, 0.3) is 11.8 Å². The molecule has 0 unspecified atom stereocenters. The van der Waals surface area contributed by atoms with Crippen LogP contribution < -0.4 is 24.2 Å². The first kappa shape index (κ1) is 44.7. The van der Waals surface area contributed by atoms with Crippen molar-refractivity contribution < 1.29 is 60.1 Å². The van der Waals surface area contributed by atoms with Gasteiger partial charge in [0.2, 0.25) is 27.7 Å². The summed E-state index contributed by atoms with van der Waals surface area (Å²) in [7, 11) is -1.49. The molecular weight excluding hydrogens is 812 g/mol. The summed E-state index contributed by atoms with van der Waals surface area (Å²) in [4.78, 5) is 62.8. The maximum absolute atomic E-state index is 15.4. The average molecular weight is 866 g/mol. The van der Waals surface area contributed by atoms with Crippen LogP contribution in [0.1, 0.15) is 86.5 Å². The van der Waals surface area contributed by atoms with E-state index < -0.39 is 91.4 Å². The largest absolute Gasteiger partial charge is 0.494 e. The Morgan fingerprint density at radius 1 is 1.07 bits per heavy atom. The molecule has 3 N–H and O–H groups in total. The second-order valence-electron chi connectivity index (χ2n) is 17.7. The Hall–Kier alpha value is -4.81. The van der Waals surface area contributed by atoms with Crippen molar-refractivity contribution >= 4 is 44.7 Å². The SMILES string of the molecule is COc1cc(O[C@@H]2C[C@H]3C(=O)N[C@]4(C(=O)NS(=O)(=O)C5(C)CC5)C[C@H]4C=CCC[C@@H](C)C[C@@H](C)[C@H](N(C(=O)O)C(C)(C)C(C)(F)F)C(=O)N3C2)c2cc(F)c(OC)cc2n1. The van der Waals surface area contributed by atoms with Crippen LogP contribution in [0.4, 0.5) is 18.0 Å². The van der Waals surface area contributed by atoms with Gasteiger partial charge in [-0.2, -0.15) is 0 Å². The molecule has 6 rings (SSSR count). The maximum atomic E-state index is 15.4. The summed E-state index contributed by atoms with van der Waals surface area (Å²) in [5.41, 5.74) is -3.91. The van der Waals surface area contributed by atoms with Crippen molar-refractivity contribution in [3.63, 3.8) is 0 Å². The van der Waals surface area contributed by atoms with Gasteiger partial charge < -0.3 is 29.5 Å². The second-order valence-corrected chi connectivity index (χ2v) is 19.9. The lowest BCUT2D eigenvalue weighted by Crippen LogP contribution is -2.66. The van der Waals surface area contributed by atoms with Gasteiger partial charge in [-0.15, -0.1) is 0 Å². The van der Waals surface area contributed by atoms with Gasteiger partial charge in [-0.3, -0.25) is 24.0 Å². The molecule has 0 spiro atoms. The number of amides is 4. The van der Waals surface area contributed by atoms with E-state index in [1.165, 1.54) is 33.3 Å². The first-order valence-corrected chi connectivity index (χ1v) is 21.5. The molecule has 60 heavy (non-hydrogen) atoms. The van der Waals surface area contributed by atoms with E-state index in [-0.39, 0.29) is 60.0 Å². The molecule has 1 aromatic carbocycles. The minimum absolute atomic E-state index is 0.0491.